The molecule has 0 radical (unpaired) electrons. The highest BCUT2D eigenvalue weighted by Crippen LogP contribution is 2.64. The Hall–Kier alpha value is -0.820. The molecule has 0 saturated heterocycles. The van der Waals surface area contributed by atoms with E-state index >= 15 is 0 Å². The SMILES string of the molecule is Cc1ccc(C2(CCCCN)C3CC4CC(C3)CC2C4)cc1. The van der Waals surface area contributed by atoms with Gasteiger partial charge in [-0.25, -0.2) is 0 Å². The molecule has 22 heavy (non-hydrogen) atoms. The van der Waals surface area contributed by atoms with Gasteiger partial charge in [0.1, 0.15) is 0 Å². The molecular formula is C21H31N. The predicted molar refractivity (Wildman–Crippen MR) is 92.8 cm³/mol. The second-order valence-corrected chi connectivity index (χ2v) is 8.46. The van der Waals surface area contributed by atoms with Crippen molar-refractivity contribution in [3.05, 3.63) is 35.4 Å². The van der Waals surface area contributed by atoms with Gasteiger partial charge in [0, 0.05) is 5.41 Å². The first kappa shape index (κ1) is 14.8. The van der Waals surface area contributed by atoms with Crippen molar-refractivity contribution >= 4 is 0 Å². The molecule has 1 aromatic rings. The number of aryl methyl sites for hydroxylation is 1. The lowest BCUT2D eigenvalue weighted by molar-refractivity contribution is -0.0659. The van der Waals surface area contributed by atoms with Gasteiger partial charge in [-0.1, -0.05) is 36.2 Å². The van der Waals surface area contributed by atoms with Crippen LogP contribution in [0.3, 0.4) is 0 Å². The maximum Gasteiger partial charge on any atom is 0.000987 e. The molecule has 0 heterocycles. The topological polar surface area (TPSA) is 26.0 Å². The number of rotatable bonds is 5. The van der Waals surface area contributed by atoms with Crippen molar-refractivity contribution in [2.75, 3.05) is 6.54 Å². The zero-order valence-corrected chi connectivity index (χ0v) is 14.1. The molecule has 4 aliphatic rings. The van der Waals surface area contributed by atoms with Gasteiger partial charge in [-0.05, 0) is 87.6 Å². The van der Waals surface area contributed by atoms with Gasteiger partial charge in [0.25, 0.3) is 0 Å². The van der Waals surface area contributed by atoms with Gasteiger partial charge in [-0.3, -0.25) is 0 Å². The van der Waals surface area contributed by atoms with E-state index in [-0.39, 0.29) is 0 Å². The normalized spacial score (nSPS) is 39.4. The van der Waals surface area contributed by atoms with Crippen LogP contribution in [0.1, 0.15) is 62.5 Å². The van der Waals surface area contributed by atoms with E-state index in [4.69, 9.17) is 5.73 Å². The zero-order chi connectivity index (χ0) is 15.2. The molecule has 4 saturated carbocycles. The molecule has 4 fully saturated rings. The maximum atomic E-state index is 5.79. The first-order chi connectivity index (χ1) is 10.7. The van der Waals surface area contributed by atoms with Gasteiger partial charge in [0.2, 0.25) is 0 Å². The van der Waals surface area contributed by atoms with E-state index in [1.807, 2.05) is 0 Å². The summed E-state index contributed by atoms with van der Waals surface area (Å²) in [7, 11) is 0. The van der Waals surface area contributed by atoms with E-state index in [1.54, 1.807) is 12.0 Å². The summed E-state index contributed by atoms with van der Waals surface area (Å²) in [6.07, 6.45) is 11.4. The zero-order valence-electron chi connectivity index (χ0n) is 14.1. The Balaban J connectivity index is 1.70. The highest BCUT2D eigenvalue weighted by atomic mass is 14.6. The third-order valence-corrected chi connectivity index (χ3v) is 7.23. The molecule has 1 aromatic carbocycles. The monoisotopic (exact) mass is 297 g/mol. The molecular weight excluding hydrogens is 266 g/mol. The summed E-state index contributed by atoms with van der Waals surface area (Å²) in [4.78, 5) is 0. The molecule has 120 valence electrons. The molecule has 4 bridgehead atoms. The van der Waals surface area contributed by atoms with Gasteiger partial charge in [0.15, 0.2) is 0 Å². The number of hydrogen-bond donors (Lipinski definition) is 1. The lowest BCUT2D eigenvalue weighted by atomic mass is 9.43. The molecule has 2 N–H and O–H groups in total. The molecule has 4 aliphatic carbocycles. The molecule has 0 unspecified atom stereocenters. The van der Waals surface area contributed by atoms with Crippen molar-refractivity contribution in [2.45, 2.75) is 63.7 Å². The van der Waals surface area contributed by atoms with E-state index in [0.29, 0.717) is 5.41 Å². The highest BCUT2D eigenvalue weighted by molar-refractivity contribution is 5.33. The summed E-state index contributed by atoms with van der Waals surface area (Å²) >= 11 is 0. The summed E-state index contributed by atoms with van der Waals surface area (Å²) in [5.41, 5.74) is 9.32. The Kier molecular flexibility index (Phi) is 3.80. The second kappa shape index (κ2) is 5.67. The summed E-state index contributed by atoms with van der Waals surface area (Å²) in [6.45, 7) is 3.06. The van der Waals surface area contributed by atoms with Crippen molar-refractivity contribution in [1.29, 1.82) is 0 Å². The average Bonchev–Trinajstić information content (AvgIpc) is 2.51. The van der Waals surface area contributed by atoms with Crippen molar-refractivity contribution < 1.29 is 0 Å². The molecule has 1 nitrogen and oxygen atoms in total. The minimum atomic E-state index is 0.482. The first-order valence-electron chi connectivity index (χ1n) is 9.49. The summed E-state index contributed by atoms with van der Waals surface area (Å²) in [5.74, 6) is 4.00. The molecule has 0 amide bonds. The highest BCUT2D eigenvalue weighted by Gasteiger charge is 2.57. The van der Waals surface area contributed by atoms with E-state index in [9.17, 15) is 0 Å². The number of benzene rings is 1. The fourth-order valence-corrected chi connectivity index (χ4v) is 6.47. The van der Waals surface area contributed by atoms with Gasteiger partial charge in [0.05, 0.1) is 0 Å². The van der Waals surface area contributed by atoms with E-state index in [2.05, 4.69) is 31.2 Å². The quantitative estimate of drug-likeness (QED) is 0.775. The van der Waals surface area contributed by atoms with Crippen molar-refractivity contribution in [3.63, 3.8) is 0 Å². The molecule has 0 aromatic heterocycles. The van der Waals surface area contributed by atoms with Crippen LogP contribution in [0.5, 0.6) is 0 Å². The smallest absolute Gasteiger partial charge is 0.000987 e. The molecule has 5 rings (SSSR count). The molecule has 0 atom stereocenters. The van der Waals surface area contributed by atoms with E-state index in [0.717, 1.165) is 30.2 Å². The summed E-state index contributed by atoms with van der Waals surface area (Å²) in [6, 6.07) is 9.59. The van der Waals surface area contributed by atoms with Crippen LogP contribution < -0.4 is 5.73 Å². The second-order valence-electron chi connectivity index (χ2n) is 8.46. The Morgan fingerprint density at radius 2 is 1.50 bits per heavy atom. The Morgan fingerprint density at radius 1 is 0.909 bits per heavy atom. The largest absolute Gasteiger partial charge is 0.330 e. The van der Waals surface area contributed by atoms with Crippen LogP contribution in [0.15, 0.2) is 24.3 Å². The van der Waals surface area contributed by atoms with Crippen LogP contribution in [0, 0.1) is 30.6 Å². The van der Waals surface area contributed by atoms with Gasteiger partial charge in [-0.2, -0.15) is 0 Å². The third-order valence-electron chi connectivity index (χ3n) is 7.23. The summed E-state index contributed by atoms with van der Waals surface area (Å²) < 4.78 is 0. The van der Waals surface area contributed by atoms with Crippen LogP contribution >= 0.6 is 0 Å². The number of unbranched alkanes of at least 4 members (excludes halogenated alkanes) is 1. The molecule has 0 spiro atoms. The Morgan fingerprint density at radius 3 is 2.05 bits per heavy atom. The van der Waals surface area contributed by atoms with Gasteiger partial charge in [-0.15, -0.1) is 0 Å². The average molecular weight is 297 g/mol. The lowest BCUT2D eigenvalue weighted by Crippen LogP contribution is -2.55. The van der Waals surface area contributed by atoms with Crippen LogP contribution in [0.25, 0.3) is 0 Å². The van der Waals surface area contributed by atoms with Gasteiger partial charge >= 0.3 is 0 Å². The van der Waals surface area contributed by atoms with Crippen LogP contribution in [-0.4, -0.2) is 6.54 Å². The maximum absolute atomic E-state index is 5.79. The standard InChI is InChI=1S/C21H31N/c1-15-4-6-18(7-5-15)21(8-2-3-9-22)19-11-16-10-17(13-19)14-20(21)12-16/h4-7,16-17,19-20H,2-3,8-14,22H2,1H3. The first-order valence-corrected chi connectivity index (χ1v) is 9.49. The fraction of sp³-hybridized carbons (Fsp3) is 0.714. The van der Waals surface area contributed by atoms with E-state index in [1.165, 1.54) is 50.5 Å². The third kappa shape index (κ3) is 2.24. The Bertz CT molecular complexity index is 487. The fourth-order valence-electron chi connectivity index (χ4n) is 6.47. The van der Waals surface area contributed by atoms with Crippen LogP contribution in [-0.2, 0) is 5.41 Å². The molecule has 0 aliphatic heterocycles. The van der Waals surface area contributed by atoms with Crippen LogP contribution in [0.2, 0.25) is 0 Å². The minimum Gasteiger partial charge on any atom is -0.330 e. The number of hydrogen-bond acceptors (Lipinski definition) is 1. The van der Waals surface area contributed by atoms with Crippen molar-refractivity contribution in [3.8, 4) is 0 Å². The lowest BCUT2D eigenvalue weighted by Gasteiger charge is -2.62. The van der Waals surface area contributed by atoms with Crippen molar-refractivity contribution in [1.82, 2.24) is 0 Å². The minimum absolute atomic E-state index is 0.482. The molecule has 1 heteroatoms. The van der Waals surface area contributed by atoms with E-state index < -0.39 is 0 Å². The Labute approximate surface area is 135 Å². The van der Waals surface area contributed by atoms with Crippen molar-refractivity contribution in [2.24, 2.45) is 29.4 Å². The summed E-state index contributed by atoms with van der Waals surface area (Å²) in [5, 5.41) is 0. The van der Waals surface area contributed by atoms with Gasteiger partial charge < -0.3 is 5.73 Å². The van der Waals surface area contributed by atoms with Crippen LogP contribution in [0.4, 0.5) is 0 Å². The number of nitrogens with two attached hydrogens (primary N) is 1. The predicted octanol–water partition coefficient (Wildman–Crippen LogP) is 4.82.